The van der Waals surface area contributed by atoms with Gasteiger partial charge in [-0.3, -0.25) is 0 Å². The van der Waals surface area contributed by atoms with Gasteiger partial charge in [0.2, 0.25) is 0 Å². The van der Waals surface area contributed by atoms with Gasteiger partial charge in [0.15, 0.2) is 0 Å². The van der Waals surface area contributed by atoms with Crippen molar-refractivity contribution in [3.05, 3.63) is 34.8 Å². The minimum Gasteiger partial charge on any atom is -0.241 e. The molecule has 0 saturated heterocycles. The van der Waals surface area contributed by atoms with Crippen LogP contribution in [0.3, 0.4) is 0 Å². The third-order valence-electron chi connectivity index (χ3n) is 1.87. The summed E-state index contributed by atoms with van der Waals surface area (Å²) in [7, 11) is 0. The number of rotatable bonds is 1. The van der Waals surface area contributed by atoms with Crippen LogP contribution in [0.4, 0.5) is 0 Å². The predicted octanol–water partition coefficient (Wildman–Crippen LogP) is 3.14. The molecule has 0 aliphatic rings. The Morgan fingerprint density at radius 2 is 2.36 bits per heavy atom. The fourth-order valence-corrected chi connectivity index (χ4v) is 2.10. The lowest BCUT2D eigenvalue weighted by Crippen LogP contribution is -1.72. The molecule has 1 heterocycles. The first-order chi connectivity index (χ1) is 6.79. The van der Waals surface area contributed by atoms with Crippen molar-refractivity contribution < 1.29 is 0 Å². The first-order valence-electron chi connectivity index (χ1n) is 4.23. The Hall–Kier alpha value is -1.66. The van der Waals surface area contributed by atoms with Crippen LogP contribution in [-0.2, 0) is 0 Å². The molecule has 2 nitrogen and oxygen atoms in total. The van der Waals surface area contributed by atoms with Crippen LogP contribution in [-0.4, -0.2) is 4.98 Å². The van der Waals surface area contributed by atoms with Gasteiger partial charge in [0.25, 0.3) is 0 Å². The zero-order chi connectivity index (χ0) is 9.97. The molecule has 3 heteroatoms. The summed E-state index contributed by atoms with van der Waals surface area (Å²) in [6.07, 6.45) is 3.26. The minimum absolute atomic E-state index is 1.01. The molecule has 0 N–H and O–H groups in total. The molecule has 0 spiro atoms. The molecule has 0 bridgehead atoms. The molecule has 0 atom stereocenters. The van der Waals surface area contributed by atoms with E-state index < -0.39 is 0 Å². The number of hydrogen-bond acceptors (Lipinski definition) is 3. The van der Waals surface area contributed by atoms with Gasteiger partial charge in [-0.2, -0.15) is 5.26 Å². The van der Waals surface area contributed by atoms with Gasteiger partial charge >= 0.3 is 0 Å². The van der Waals surface area contributed by atoms with Crippen LogP contribution >= 0.6 is 11.3 Å². The van der Waals surface area contributed by atoms with Gasteiger partial charge in [0.05, 0.1) is 21.3 Å². The van der Waals surface area contributed by atoms with Crippen molar-refractivity contribution in [2.24, 2.45) is 0 Å². The van der Waals surface area contributed by atoms with Crippen molar-refractivity contribution in [2.75, 3.05) is 0 Å². The highest BCUT2D eigenvalue weighted by Crippen LogP contribution is 2.22. The summed E-state index contributed by atoms with van der Waals surface area (Å²) in [6, 6.07) is 8.00. The second-order valence-electron chi connectivity index (χ2n) is 2.92. The Morgan fingerprint density at radius 1 is 1.50 bits per heavy atom. The third kappa shape index (κ3) is 1.66. The van der Waals surface area contributed by atoms with E-state index in [0.29, 0.717) is 0 Å². The summed E-state index contributed by atoms with van der Waals surface area (Å²) < 4.78 is 1.19. The van der Waals surface area contributed by atoms with E-state index in [1.807, 2.05) is 31.2 Å². The number of hydrogen-bond donors (Lipinski definition) is 0. The van der Waals surface area contributed by atoms with Crippen molar-refractivity contribution in [2.45, 2.75) is 6.92 Å². The van der Waals surface area contributed by atoms with Crippen LogP contribution in [0, 0.1) is 18.3 Å². The van der Waals surface area contributed by atoms with E-state index in [1.165, 1.54) is 10.8 Å². The summed E-state index contributed by atoms with van der Waals surface area (Å²) in [4.78, 5) is 4.38. The summed E-state index contributed by atoms with van der Waals surface area (Å²) in [6.45, 7) is 2.00. The number of nitriles is 1. The van der Waals surface area contributed by atoms with Crippen molar-refractivity contribution in [1.29, 1.82) is 5.26 Å². The third-order valence-corrected chi connectivity index (χ3v) is 2.82. The number of allylic oxidation sites excluding steroid dienone is 1. The molecule has 0 radical (unpaired) electrons. The van der Waals surface area contributed by atoms with Crippen molar-refractivity contribution in [3.63, 3.8) is 0 Å². The van der Waals surface area contributed by atoms with Crippen LogP contribution in [0.25, 0.3) is 16.3 Å². The molecule has 2 rings (SSSR count). The summed E-state index contributed by atoms with van der Waals surface area (Å²) >= 11 is 1.68. The van der Waals surface area contributed by atoms with Gasteiger partial charge in [-0.1, -0.05) is 6.07 Å². The zero-order valence-electron chi connectivity index (χ0n) is 7.69. The standard InChI is InChI=1S/C11H8N2S/c1-8-13-10-7-9(3-2-6-12)4-5-11(10)14-8/h2-5,7H,1H3/b3-2+. The van der Waals surface area contributed by atoms with Gasteiger partial charge in [-0.15, -0.1) is 11.3 Å². The number of nitrogens with zero attached hydrogens (tertiary/aromatic N) is 2. The molecule has 0 aliphatic heterocycles. The van der Waals surface area contributed by atoms with Crippen LogP contribution in [0.2, 0.25) is 0 Å². The minimum atomic E-state index is 1.01. The molecular formula is C11H8N2S. The smallest absolute Gasteiger partial charge is 0.0912 e. The van der Waals surface area contributed by atoms with E-state index in [2.05, 4.69) is 4.98 Å². The first kappa shape index (κ1) is 8.92. The first-order valence-corrected chi connectivity index (χ1v) is 5.04. The quantitative estimate of drug-likeness (QED) is 0.663. The Kier molecular flexibility index (Phi) is 2.30. The molecule has 0 fully saturated rings. The van der Waals surface area contributed by atoms with Crippen LogP contribution in [0.1, 0.15) is 10.6 Å². The molecule has 1 aromatic heterocycles. The molecule has 0 unspecified atom stereocenters. The fourth-order valence-electron chi connectivity index (χ4n) is 1.30. The maximum atomic E-state index is 8.39. The predicted molar refractivity (Wildman–Crippen MR) is 59.0 cm³/mol. The number of aromatic nitrogens is 1. The fraction of sp³-hybridized carbons (Fsp3) is 0.0909. The maximum absolute atomic E-state index is 8.39. The molecular weight excluding hydrogens is 192 g/mol. The maximum Gasteiger partial charge on any atom is 0.0912 e. The van der Waals surface area contributed by atoms with E-state index in [9.17, 15) is 0 Å². The Balaban J connectivity index is 2.51. The topological polar surface area (TPSA) is 36.7 Å². The largest absolute Gasteiger partial charge is 0.241 e. The van der Waals surface area contributed by atoms with Crippen molar-refractivity contribution in [1.82, 2.24) is 4.98 Å². The van der Waals surface area contributed by atoms with E-state index in [-0.39, 0.29) is 0 Å². The summed E-state index contributed by atoms with van der Waals surface area (Å²) in [5, 5.41) is 9.47. The van der Waals surface area contributed by atoms with E-state index in [1.54, 1.807) is 17.4 Å². The number of aryl methyl sites for hydroxylation is 1. The average Bonchev–Trinajstić information content (AvgIpc) is 2.54. The van der Waals surface area contributed by atoms with Gasteiger partial charge < -0.3 is 0 Å². The van der Waals surface area contributed by atoms with Crippen LogP contribution in [0.15, 0.2) is 24.3 Å². The van der Waals surface area contributed by atoms with E-state index in [0.717, 1.165) is 16.1 Å². The van der Waals surface area contributed by atoms with E-state index >= 15 is 0 Å². The van der Waals surface area contributed by atoms with Crippen molar-refractivity contribution in [3.8, 4) is 6.07 Å². The highest BCUT2D eigenvalue weighted by molar-refractivity contribution is 7.18. The SMILES string of the molecule is Cc1nc2cc(/C=C/C#N)ccc2s1. The summed E-state index contributed by atoms with van der Waals surface area (Å²) in [5.41, 5.74) is 2.02. The Labute approximate surface area is 86.1 Å². The number of benzene rings is 1. The lowest BCUT2D eigenvalue weighted by molar-refractivity contribution is 1.35. The normalized spacial score (nSPS) is 10.9. The number of thiazole rings is 1. The molecule has 0 amide bonds. The lowest BCUT2D eigenvalue weighted by Gasteiger charge is -1.90. The highest BCUT2D eigenvalue weighted by atomic mass is 32.1. The van der Waals surface area contributed by atoms with Crippen LogP contribution in [0.5, 0.6) is 0 Å². The van der Waals surface area contributed by atoms with Crippen molar-refractivity contribution >= 4 is 27.6 Å². The molecule has 2 aromatic rings. The summed E-state index contributed by atoms with van der Waals surface area (Å²) in [5.74, 6) is 0. The van der Waals surface area contributed by atoms with E-state index in [4.69, 9.17) is 5.26 Å². The number of fused-ring (bicyclic) bond motifs is 1. The van der Waals surface area contributed by atoms with Gasteiger partial charge in [0.1, 0.15) is 0 Å². The highest BCUT2D eigenvalue weighted by Gasteiger charge is 1.99. The average molecular weight is 200 g/mol. The second kappa shape index (κ2) is 3.60. The van der Waals surface area contributed by atoms with Crippen LogP contribution < -0.4 is 0 Å². The molecule has 0 saturated carbocycles. The van der Waals surface area contributed by atoms with Gasteiger partial charge in [0, 0.05) is 6.08 Å². The molecule has 68 valence electrons. The molecule has 14 heavy (non-hydrogen) atoms. The zero-order valence-corrected chi connectivity index (χ0v) is 8.51. The molecule has 1 aromatic carbocycles. The lowest BCUT2D eigenvalue weighted by atomic mass is 10.2. The Morgan fingerprint density at radius 3 is 3.14 bits per heavy atom. The Bertz CT molecular complexity index is 532. The monoisotopic (exact) mass is 200 g/mol. The van der Waals surface area contributed by atoms with Gasteiger partial charge in [-0.05, 0) is 30.7 Å². The van der Waals surface area contributed by atoms with Gasteiger partial charge in [-0.25, -0.2) is 4.98 Å². The second-order valence-corrected chi connectivity index (χ2v) is 4.16. The molecule has 0 aliphatic carbocycles.